The normalized spacial score (nSPS) is 9.93. The van der Waals surface area contributed by atoms with Gasteiger partial charge in [0, 0.05) is 20.9 Å². The number of rotatable bonds is 3. The Bertz CT molecular complexity index is 363. The molecule has 3 nitrogen and oxygen atoms in total. The van der Waals surface area contributed by atoms with Crippen molar-refractivity contribution < 1.29 is 9.53 Å². The van der Waals surface area contributed by atoms with Gasteiger partial charge in [0.1, 0.15) is 5.75 Å². The first kappa shape index (κ1) is 11.3. The van der Waals surface area contributed by atoms with Crippen LogP contribution in [0.3, 0.4) is 0 Å². The molecule has 0 aliphatic rings. The average Bonchev–Trinajstić information content (AvgIpc) is 2.11. The molecule has 1 aromatic rings. The summed E-state index contributed by atoms with van der Waals surface area (Å²) >= 11 is 2.06. The monoisotopic (exact) mass is 305 g/mol. The third kappa shape index (κ3) is 2.37. The van der Waals surface area contributed by atoms with Gasteiger partial charge in [-0.05, 0) is 42.5 Å². The van der Waals surface area contributed by atoms with E-state index in [-0.39, 0.29) is 5.78 Å². The molecule has 0 unspecified atom stereocenters. The van der Waals surface area contributed by atoms with Crippen LogP contribution in [0.15, 0.2) is 12.1 Å². The van der Waals surface area contributed by atoms with E-state index in [0.29, 0.717) is 23.6 Å². The lowest BCUT2D eigenvalue weighted by Crippen LogP contribution is -2.02. The molecule has 14 heavy (non-hydrogen) atoms. The van der Waals surface area contributed by atoms with Gasteiger partial charge in [0.25, 0.3) is 0 Å². The molecule has 0 aliphatic heterocycles. The number of ketones is 1. The van der Waals surface area contributed by atoms with Gasteiger partial charge in [-0.2, -0.15) is 0 Å². The molecule has 0 heterocycles. The molecule has 76 valence electrons. The highest BCUT2D eigenvalue weighted by Gasteiger charge is 2.10. The predicted molar refractivity (Wildman–Crippen MR) is 64.7 cm³/mol. The molecule has 0 saturated heterocycles. The summed E-state index contributed by atoms with van der Waals surface area (Å²) < 4.78 is 6.09. The summed E-state index contributed by atoms with van der Waals surface area (Å²) in [6.07, 6.45) is 0. The molecule has 0 aliphatic carbocycles. The topological polar surface area (TPSA) is 52.3 Å². The standard InChI is InChI=1S/C10H12INO2/c1-3-14-7-4-8(6(2)13)10(11)9(12)5-7/h4-5H,3,12H2,1-2H3. The van der Waals surface area contributed by atoms with Crippen LogP contribution in [-0.4, -0.2) is 12.4 Å². The number of hydrogen-bond acceptors (Lipinski definition) is 3. The smallest absolute Gasteiger partial charge is 0.161 e. The SMILES string of the molecule is CCOc1cc(N)c(I)c(C(C)=O)c1. The minimum Gasteiger partial charge on any atom is -0.494 e. The number of nitrogen functional groups attached to an aromatic ring is 1. The van der Waals surface area contributed by atoms with E-state index < -0.39 is 0 Å². The Kier molecular flexibility index (Phi) is 3.74. The van der Waals surface area contributed by atoms with Crippen molar-refractivity contribution in [1.29, 1.82) is 0 Å². The van der Waals surface area contributed by atoms with Crippen LogP contribution in [0.5, 0.6) is 5.75 Å². The van der Waals surface area contributed by atoms with Crippen LogP contribution >= 0.6 is 22.6 Å². The first-order valence-electron chi connectivity index (χ1n) is 4.29. The molecule has 0 atom stereocenters. The number of benzene rings is 1. The van der Waals surface area contributed by atoms with E-state index in [9.17, 15) is 4.79 Å². The van der Waals surface area contributed by atoms with E-state index in [1.807, 2.05) is 6.92 Å². The second-order valence-corrected chi connectivity index (χ2v) is 3.94. The Morgan fingerprint density at radius 1 is 1.57 bits per heavy atom. The maximum Gasteiger partial charge on any atom is 0.161 e. The molecule has 1 rings (SSSR count). The Morgan fingerprint density at radius 2 is 2.21 bits per heavy atom. The van der Waals surface area contributed by atoms with Gasteiger partial charge < -0.3 is 10.5 Å². The minimum absolute atomic E-state index is 0.00246. The number of nitrogens with two attached hydrogens (primary N) is 1. The molecule has 0 radical (unpaired) electrons. The number of halogens is 1. The summed E-state index contributed by atoms with van der Waals surface area (Å²) in [5, 5.41) is 0. The van der Waals surface area contributed by atoms with E-state index in [1.54, 1.807) is 12.1 Å². The Labute approximate surface area is 96.8 Å². The van der Waals surface area contributed by atoms with Gasteiger partial charge in [0.15, 0.2) is 5.78 Å². The van der Waals surface area contributed by atoms with Gasteiger partial charge in [0.05, 0.1) is 6.61 Å². The number of Topliss-reactive ketones (excluding diaryl/α,β-unsaturated/α-hetero) is 1. The first-order valence-corrected chi connectivity index (χ1v) is 5.37. The molecule has 1 aromatic carbocycles. The zero-order valence-electron chi connectivity index (χ0n) is 8.13. The molecule has 2 N–H and O–H groups in total. The maximum atomic E-state index is 11.3. The van der Waals surface area contributed by atoms with E-state index in [4.69, 9.17) is 10.5 Å². The Balaban J connectivity index is 3.21. The van der Waals surface area contributed by atoms with Gasteiger partial charge in [0.2, 0.25) is 0 Å². The summed E-state index contributed by atoms with van der Waals surface area (Å²) in [5.41, 5.74) is 6.95. The third-order valence-electron chi connectivity index (χ3n) is 1.76. The van der Waals surface area contributed by atoms with Gasteiger partial charge in [-0.25, -0.2) is 0 Å². The van der Waals surface area contributed by atoms with Crippen molar-refractivity contribution in [2.45, 2.75) is 13.8 Å². The van der Waals surface area contributed by atoms with Crippen LogP contribution in [-0.2, 0) is 0 Å². The number of carbonyl (C=O) groups is 1. The van der Waals surface area contributed by atoms with Crippen LogP contribution < -0.4 is 10.5 Å². The number of carbonyl (C=O) groups excluding carboxylic acids is 1. The van der Waals surface area contributed by atoms with Crippen molar-refractivity contribution in [2.75, 3.05) is 12.3 Å². The van der Waals surface area contributed by atoms with E-state index in [2.05, 4.69) is 22.6 Å². The highest BCUT2D eigenvalue weighted by atomic mass is 127. The van der Waals surface area contributed by atoms with Crippen LogP contribution in [0.25, 0.3) is 0 Å². The second kappa shape index (κ2) is 4.63. The lowest BCUT2D eigenvalue weighted by Gasteiger charge is -2.08. The Morgan fingerprint density at radius 3 is 2.71 bits per heavy atom. The van der Waals surface area contributed by atoms with Crippen molar-refractivity contribution in [3.63, 3.8) is 0 Å². The lowest BCUT2D eigenvalue weighted by atomic mass is 10.1. The minimum atomic E-state index is 0.00246. The van der Waals surface area contributed by atoms with Gasteiger partial charge in [-0.15, -0.1) is 0 Å². The van der Waals surface area contributed by atoms with Crippen molar-refractivity contribution in [3.8, 4) is 5.75 Å². The molecule has 0 spiro atoms. The van der Waals surface area contributed by atoms with Crippen molar-refractivity contribution >= 4 is 34.1 Å². The highest BCUT2D eigenvalue weighted by Crippen LogP contribution is 2.26. The van der Waals surface area contributed by atoms with Crippen LogP contribution in [0.2, 0.25) is 0 Å². The van der Waals surface area contributed by atoms with Gasteiger partial charge >= 0.3 is 0 Å². The summed E-state index contributed by atoms with van der Waals surface area (Å²) in [5.74, 6) is 0.651. The summed E-state index contributed by atoms with van der Waals surface area (Å²) in [4.78, 5) is 11.3. The molecular weight excluding hydrogens is 293 g/mol. The molecule has 0 amide bonds. The molecular formula is C10H12INO2. The predicted octanol–water partition coefficient (Wildman–Crippen LogP) is 2.47. The lowest BCUT2D eigenvalue weighted by molar-refractivity contribution is 0.101. The number of anilines is 1. The number of ether oxygens (including phenoxy) is 1. The van der Waals surface area contributed by atoms with Crippen molar-refractivity contribution in [3.05, 3.63) is 21.3 Å². The van der Waals surface area contributed by atoms with Crippen molar-refractivity contribution in [1.82, 2.24) is 0 Å². The van der Waals surface area contributed by atoms with E-state index >= 15 is 0 Å². The molecule has 4 heteroatoms. The molecule has 0 bridgehead atoms. The van der Waals surface area contributed by atoms with Crippen LogP contribution in [0.1, 0.15) is 24.2 Å². The fraction of sp³-hybridized carbons (Fsp3) is 0.300. The maximum absolute atomic E-state index is 11.3. The average molecular weight is 305 g/mol. The highest BCUT2D eigenvalue weighted by molar-refractivity contribution is 14.1. The molecule has 0 aromatic heterocycles. The van der Waals surface area contributed by atoms with Crippen molar-refractivity contribution in [2.24, 2.45) is 0 Å². The van der Waals surface area contributed by atoms with Gasteiger partial charge in [-0.1, -0.05) is 0 Å². The molecule has 0 saturated carbocycles. The third-order valence-corrected chi connectivity index (χ3v) is 2.97. The van der Waals surface area contributed by atoms with E-state index in [0.717, 1.165) is 3.57 Å². The largest absolute Gasteiger partial charge is 0.494 e. The zero-order chi connectivity index (χ0) is 10.7. The first-order chi connectivity index (χ1) is 6.56. The second-order valence-electron chi connectivity index (χ2n) is 2.86. The summed E-state index contributed by atoms with van der Waals surface area (Å²) in [6.45, 7) is 3.98. The van der Waals surface area contributed by atoms with E-state index in [1.165, 1.54) is 6.92 Å². The zero-order valence-corrected chi connectivity index (χ0v) is 10.3. The van der Waals surface area contributed by atoms with Gasteiger partial charge in [-0.3, -0.25) is 4.79 Å². The fourth-order valence-corrected chi connectivity index (χ4v) is 1.82. The Hall–Kier alpha value is -0.780. The molecule has 0 fully saturated rings. The van der Waals surface area contributed by atoms with Crippen LogP contribution in [0, 0.1) is 3.57 Å². The fourth-order valence-electron chi connectivity index (χ4n) is 1.13. The quantitative estimate of drug-likeness (QED) is 0.530. The summed E-state index contributed by atoms with van der Waals surface area (Å²) in [6, 6.07) is 3.46. The van der Waals surface area contributed by atoms with Crippen LogP contribution in [0.4, 0.5) is 5.69 Å². The summed E-state index contributed by atoms with van der Waals surface area (Å²) in [7, 11) is 0. The number of hydrogen-bond donors (Lipinski definition) is 1.